The summed E-state index contributed by atoms with van der Waals surface area (Å²) >= 11 is 3.52. The van der Waals surface area contributed by atoms with E-state index in [1.807, 2.05) is 12.4 Å². The Labute approximate surface area is 128 Å². The molecule has 1 saturated heterocycles. The fraction of sp³-hybridized carbons (Fsp3) is 0.312. The fourth-order valence-electron chi connectivity index (χ4n) is 2.75. The van der Waals surface area contributed by atoms with Crippen LogP contribution in [-0.4, -0.2) is 36.6 Å². The van der Waals surface area contributed by atoms with Gasteiger partial charge in [-0.25, -0.2) is 0 Å². The molecule has 1 aliphatic rings. The van der Waals surface area contributed by atoms with Crippen LogP contribution in [0.2, 0.25) is 0 Å². The SMILES string of the molecule is CN1CCN(c2cncc(Br)c2)C(c2ccccc2)C1. The third-order valence-electron chi connectivity index (χ3n) is 3.79. The first-order valence-corrected chi connectivity index (χ1v) is 7.64. The highest BCUT2D eigenvalue weighted by molar-refractivity contribution is 9.10. The van der Waals surface area contributed by atoms with Crippen molar-refractivity contribution in [2.45, 2.75) is 6.04 Å². The van der Waals surface area contributed by atoms with Gasteiger partial charge in [-0.15, -0.1) is 0 Å². The zero-order valence-electron chi connectivity index (χ0n) is 11.5. The highest BCUT2D eigenvalue weighted by Crippen LogP contribution is 2.30. The molecule has 0 bridgehead atoms. The lowest BCUT2D eigenvalue weighted by Crippen LogP contribution is -2.47. The highest BCUT2D eigenvalue weighted by Gasteiger charge is 2.26. The Morgan fingerprint density at radius 2 is 1.95 bits per heavy atom. The van der Waals surface area contributed by atoms with Crippen molar-refractivity contribution in [2.75, 3.05) is 31.6 Å². The molecule has 2 heterocycles. The maximum atomic E-state index is 4.30. The molecule has 1 aliphatic heterocycles. The number of pyridine rings is 1. The Morgan fingerprint density at radius 3 is 2.70 bits per heavy atom. The third-order valence-corrected chi connectivity index (χ3v) is 4.22. The van der Waals surface area contributed by atoms with E-state index >= 15 is 0 Å². The third kappa shape index (κ3) is 2.86. The first kappa shape index (κ1) is 13.6. The molecule has 0 saturated carbocycles. The number of benzene rings is 1. The lowest BCUT2D eigenvalue weighted by atomic mass is 10.0. The van der Waals surface area contributed by atoms with Gasteiger partial charge < -0.3 is 9.80 Å². The summed E-state index contributed by atoms with van der Waals surface area (Å²) in [6, 6.07) is 13.2. The second-order valence-electron chi connectivity index (χ2n) is 5.24. The fourth-order valence-corrected chi connectivity index (χ4v) is 3.10. The smallest absolute Gasteiger partial charge is 0.0670 e. The van der Waals surface area contributed by atoms with Gasteiger partial charge in [-0.05, 0) is 34.6 Å². The van der Waals surface area contributed by atoms with Crippen molar-refractivity contribution in [2.24, 2.45) is 0 Å². The van der Waals surface area contributed by atoms with Crippen molar-refractivity contribution >= 4 is 21.6 Å². The molecule has 0 spiro atoms. The number of likely N-dealkylation sites (N-methyl/N-ethyl adjacent to an activating group) is 1. The minimum absolute atomic E-state index is 0.381. The molecular weight excluding hydrogens is 314 g/mol. The van der Waals surface area contributed by atoms with Crippen molar-refractivity contribution in [3.8, 4) is 0 Å². The Kier molecular flexibility index (Phi) is 4.03. The van der Waals surface area contributed by atoms with Crippen LogP contribution in [0.3, 0.4) is 0 Å². The van der Waals surface area contributed by atoms with Gasteiger partial charge in [0, 0.05) is 30.3 Å². The minimum atomic E-state index is 0.381. The van der Waals surface area contributed by atoms with Crippen LogP contribution in [0.5, 0.6) is 0 Å². The van der Waals surface area contributed by atoms with Crippen molar-refractivity contribution in [3.63, 3.8) is 0 Å². The van der Waals surface area contributed by atoms with Crippen LogP contribution < -0.4 is 4.90 Å². The quantitative estimate of drug-likeness (QED) is 0.841. The zero-order valence-corrected chi connectivity index (χ0v) is 13.1. The van der Waals surface area contributed by atoms with E-state index in [2.05, 4.69) is 74.2 Å². The van der Waals surface area contributed by atoms with E-state index in [-0.39, 0.29) is 0 Å². The predicted octanol–water partition coefficient (Wildman–Crippen LogP) is 3.34. The summed E-state index contributed by atoms with van der Waals surface area (Å²) in [6.07, 6.45) is 3.78. The van der Waals surface area contributed by atoms with Crippen molar-refractivity contribution in [1.82, 2.24) is 9.88 Å². The summed E-state index contributed by atoms with van der Waals surface area (Å²) in [6.45, 7) is 3.14. The lowest BCUT2D eigenvalue weighted by Gasteiger charge is -2.41. The van der Waals surface area contributed by atoms with E-state index < -0.39 is 0 Å². The predicted molar refractivity (Wildman–Crippen MR) is 86.0 cm³/mol. The van der Waals surface area contributed by atoms with Crippen LogP contribution in [0.1, 0.15) is 11.6 Å². The summed E-state index contributed by atoms with van der Waals surface area (Å²) in [5, 5.41) is 0. The number of anilines is 1. The monoisotopic (exact) mass is 331 g/mol. The van der Waals surface area contributed by atoms with Gasteiger partial charge in [-0.3, -0.25) is 4.98 Å². The number of nitrogens with zero attached hydrogens (tertiary/aromatic N) is 3. The molecule has 0 radical (unpaired) electrons. The number of piperazine rings is 1. The number of halogens is 1. The Bertz CT molecular complexity index is 573. The molecule has 0 amide bonds. The van der Waals surface area contributed by atoms with Crippen LogP contribution in [0.4, 0.5) is 5.69 Å². The Hall–Kier alpha value is -1.39. The number of aromatic nitrogens is 1. The number of hydrogen-bond acceptors (Lipinski definition) is 3. The summed E-state index contributed by atoms with van der Waals surface area (Å²) in [4.78, 5) is 9.14. The molecule has 3 rings (SSSR count). The van der Waals surface area contributed by atoms with E-state index in [1.54, 1.807) is 0 Å². The molecular formula is C16H18BrN3. The van der Waals surface area contributed by atoms with Gasteiger partial charge >= 0.3 is 0 Å². The summed E-state index contributed by atoms with van der Waals surface area (Å²) in [5.41, 5.74) is 2.54. The van der Waals surface area contributed by atoms with Crippen molar-refractivity contribution in [1.29, 1.82) is 0 Å². The zero-order chi connectivity index (χ0) is 13.9. The maximum Gasteiger partial charge on any atom is 0.0670 e. The normalized spacial score (nSPS) is 20.1. The van der Waals surface area contributed by atoms with Crippen molar-refractivity contribution in [3.05, 3.63) is 58.8 Å². The summed E-state index contributed by atoms with van der Waals surface area (Å²) in [5.74, 6) is 0. The number of hydrogen-bond donors (Lipinski definition) is 0. The molecule has 3 nitrogen and oxygen atoms in total. The molecule has 104 valence electrons. The Morgan fingerprint density at radius 1 is 1.15 bits per heavy atom. The second kappa shape index (κ2) is 5.94. The second-order valence-corrected chi connectivity index (χ2v) is 6.16. The summed E-state index contributed by atoms with van der Waals surface area (Å²) < 4.78 is 1.03. The van der Waals surface area contributed by atoms with Crippen LogP contribution in [0.15, 0.2) is 53.3 Å². The van der Waals surface area contributed by atoms with Gasteiger partial charge in [0.1, 0.15) is 0 Å². The van der Waals surface area contributed by atoms with Crippen LogP contribution in [0, 0.1) is 0 Å². The molecule has 1 aromatic carbocycles. The molecule has 1 unspecified atom stereocenters. The largest absolute Gasteiger partial charge is 0.361 e. The Balaban J connectivity index is 1.95. The standard InChI is InChI=1S/C16H18BrN3/c1-19-7-8-20(15-9-14(17)10-18-11-15)16(12-19)13-5-3-2-4-6-13/h2-6,9-11,16H,7-8,12H2,1H3. The van der Waals surface area contributed by atoms with E-state index in [1.165, 1.54) is 11.3 Å². The van der Waals surface area contributed by atoms with Gasteiger partial charge in [0.25, 0.3) is 0 Å². The van der Waals surface area contributed by atoms with E-state index in [0.29, 0.717) is 6.04 Å². The van der Waals surface area contributed by atoms with Gasteiger partial charge in [0.05, 0.1) is 17.9 Å². The molecule has 20 heavy (non-hydrogen) atoms. The van der Waals surface area contributed by atoms with Crippen LogP contribution in [-0.2, 0) is 0 Å². The molecule has 1 atom stereocenters. The maximum absolute atomic E-state index is 4.30. The van der Waals surface area contributed by atoms with Gasteiger partial charge in [0.15, 0.2) is 0 Å². The molecule has 1 fully saturated rings. The van der Waals surface area contributed by atoms with Gasteiger partial charge in [-0.2, -0.15) is 0 Å². The lowest BCUT2D eigenvalue weighted by molar-refractivity contribution is 0.269. The first-order chi connectivity index (χ1) is 9.74. The highest BCUT2D eigenvalue weighted by atomic mass is 79.9. The number of rotatable bonds is 2. The van der Waals surface area contributed by atoms with Gasteiger partial charge in [-0.1, -0.05) is 30.3 Å². The van der Waals surface area contributed by atoms with Crippen LogP contribution in [0.25, 0.3) is 0 Å². The summed E-state index contributed by atoms with van der Waals surface area (Å²) in [7, 11) is 2.19. The topological polar surface area (TPSA) is 19.4 Å². The molecule has 1 aromatic heterocycles. The van der Waals surface area contributed by atoms with Crippen LogP contribution >= 0.6 is 15.9 Å². The molecule has 2 aromatic rings. The van der Waals surface area contributed by atoms with E-state index in [4.69, 9.17) is 0 Å². The van der Waals surface area contributed by atoms with Crippen molar-refractivity contribution < 1.29 is 0 Å². The van der Waals surface area contributed by atoms with Gasteiger partial charge in [0.2, 0.25) is 0 Å². The molecule has 0 N–H and O–H groups in total. The average molecular weight is 332 g/mol. The minimum Gasteiger partial charge on any atom is -0.361 e. The van der Waals surface area contributed by atoms with E-state index in [0.717, 1.165) is 24.1 Å². The van der Waals surface area contributed by atoms with E-state index in [9.17, 15) is 0 Å². The molecule has 0 aliphatic carbocycles. The average Bonchev–Trinajstić information content (AvgIpc) is 2.48. The molecule has 4 heteroatoms. The first-order valence-electron chi connectivity index (χ1n) is 6.85.